The summed E-state index contributed by atoms with van der Waals surface area (Å²) in [6.45, 7) is 0.442. The number of ketones is 1. The summed E-state index contributed by atoms with van der Waals surface area (Å²) >= 11 is 5.84. The number of ether oxygens (including phenoxy) is 1. The van der Waals surface area contributed by atoms with Gasteiger partial charge in [0.05, 0.1) is 11.8 Å². The molecule has 0 bridgehead atoms. The number of benzene rings is 2. The van der Waals surface area contributed by atoms with Crippen LogP contribution in [0.4, 0.5) is 0 Å². The van der Waals surface area contributed by atoms with E-state index in [0.29, 0.717) is 28.5 Å². The monoisotopic (exact) mass is 312 g/mol. The van der Waals surface area contributed by atoms with Crippen molar-refractivity contribution in [1.82, 2.24) is 0 Å². The van der Waals surface area contributed by atoms with Crippen molar-refractivity contribution in [3.8, 4) is 5.75 Å². The molecule has 3 nitrogen and oxygen atoms in total. The number of hydrogen-bond donors (Lipinski definition) is 1. The summed E-state index contributed by atoms with van der Waals surface area (Å²) in [5.41, 5.74) is 2.10. The second kappa shape index (κ2) is 6.08. The zero-order valence-corrected chi connectivity index (χ0v) is 12.4. The zero-order valence-electron chi connectivity index (χ0n) is 11.6. The Morgan fingerprint density at radius 2 is 1.95 bits per heavy atom. The van der Waals surface area contributed by atoms with Crippen molar-refractivity contribution in [3.63, 3.8) is 0 Å². The molecule has 1 aliphatic rings. The molecule has 0 aromatic heterocycles. The molecule has 0 radical (unpaired) electrons. The fourth-order valence-electron chi connectivity index (χ4n) is 2.37. The van der Waals surface area contributed by atoms with Crippen LogP contribution in [0.15, 0.2) is 54.8 Å². The minimum Gasteiger partial charge on any atom is -0.515 e. The topological polar surface area (TPSA) is 46.5 Å². The Bertz CT molecular complexity index is 773. The third kappa shape index (κ3) is 2.63. The maximum atomic E-state index is 12.6. The molecule has 0 atom stereocenters. The van der Waals surface area contributed by atoms with Gasteiger partial charge in [-0.25, -0.2) is 0 Å². The van der Waals surface area contributed by atoms with Gasteiger partial charge >= 0.3 is 0 Å². The lowest BCUT2D eigenvalue weighted by atomic mass is 9.95. The second-order valence-electron chi connectivity index (χ2n) is 4.82. The van der Waals surface area contributed by atoms with Gasteiger partial charge < -0.3 is 9.84 Å². The number of hydrogen-bond acceptors (Lipinski definition) is 3. The summed E-state index contributed by atoms with van der Waals surface area (Å²) in [6.07, 6.45) is 4.66. The predicted octanol–water partition coefficient (Wildman–Crippen LogP) is 4.53. The normalized spacial score (nSPS) is 13.4. The van der Waals surface area contributed by atoms with Crippen molar-refractivity contribution in [1.29, 1.82) is 0 Å². The summed E-state index contributed by atoms with van der Waals surface area (Å²) in [5, 5.41) is 10.1. The quantitative estimate of drug-likeness (QED) is 0.514. The maximum absolute atomic E-state index is 12.6. The fraction of sp³-hybridized carbons (Fsp3) is 0.0556. The lowest BCUT2D eigenvalue weighted by molar-refractivity contribution is 0.105. The standard InChI is InChI=1S/C18H13ClO3/c19-14-8-6-12(7-9-14)17(21)16(11-20)15-5-1-3-13-4-2-10-22-18(13)15/h1-9,11,20H,10H2/b16-11-. The number of Topliss-reactive ketones (excluding diaryl/α,β-unsaturated/α-hetero) is 1. The highest BCUT2D eigenvalue weighted by atomic mass is 35.5. The van der Waals surface area contributed by atoms with E-state index in [1.807, 2.05) is 24.3 Å². The molecule has 0 spiro atoms. The lowest BCUT2D eigenvalue weighted by Gasteiger charge is -2.17. The lowest BCUT2D eigenvalue weighted by Crippen LogP contribution is -2.08. The molecule has 1 N–H and O–H groups in total. The fourth-order valence-corrected chi connectivity index (χ4v) is 2.50. The van der Waals surface area contributed by atoms with E-state index >= 15 is 0 Å². The van der Waals surface area contributed by atoms with Crippen LogP contribution < -0.4 is 4.74 Å². The number of carbonyl (C=O) groups excluding carboxylic acids is 1. The molecule has 0 fully saturated rings. The molecule has 0 amide bonds. The Morgan fingerprint density at radius 1 is 1.18 bits per heavy atom. The van der Waals surface area contributed by atoms with E-state index in [4.69, 9.17) is 16.3 Å². The van der Waals surface area contributed by atoms with Gasteiger partial charge in [-0.3, -0.25) is 4.79 Å². The highest BCUT2D eigenvalue weighted by molar-refractivity contribution is 6.32. The van der Waals surface area contributed by atoms with Crippen LogP contribution in [0.2, 0.25) is 5.02 Å². The van der Waals surface area contributed by atoms with Crippen molar-refractivity contribution >= 4 is 29.0 Å². The third-order valence-corrected chi connectivity index (χ3v) is 3.69. The largest absolute Gasteiger partial charge is 0.515 e. The highest BCUT2D eigenvalue weighted by Crippen LogP contribution is 2.34. The van der Waals surface area contributed by atoms with Crippen LogP contribution in [0.25, 0.3) is 11.6 Å². The number of allylic oxidation sites excluding steroid dienone is 1. The van der Waals surface area contributed by atoms with E-state index < -0.39 is 0 Å². The molecule has 4 heteroatoms. The molecule has 1 aliphatic heterocycles. The highest BCUT2D eigenvalue weighted by Gasteiger charge is 2.21. The molecule has 0 saturated carbocycles. The minimum atomic E-state index is -0.286. The maximum Gasteiger partial charge on any atom is 0.196 e. The molecule has 1 heterocycles. The van der Waals surface area contributed by atoms with E-state index in [0.717, 1.165) is 11.8 Å². The van der Waals surface area contributed by atoms with Crippen LogP contribution in [0, 0.1) is 0 Å². The number of fused-ring (bicyclic) bond motifs is 1. The van der Waals surface area contributed by atoms with Gasteiger partial charge in [-0.1, -0.05) is 35.9 Å². The van der Waals surface area contributed by atoms with Crippen molar-refractivity contribution in [2.75, 3.05) is 6.61 Å². The minimum absolute atomic E-state index is 0.189. The average molecular weight is 313 g/mol. The molecule has 22 heavy (non-hydrogen) atoms. The van der Waals surface area contributed by atoms with Gasteiger partial charge in [0, 0.05) is 21.7 Å². The van der Waals surface area contributed by atoms with Gasteiger partial charge in [-0.15, -0.1) is 0 Å². The number of halogens is 1. The Balaban J connectivity index is 2.04. The van der Waals surface area contributed by atoms with Crippen molar-refractivity contribution in [2.45, 2.75) is 0 Å². The van der Waals surface area contributed by atoms with Crippen molar-refractivity contribution in [2.24, 2.45) is 0 Å². The van der Waals surface area contributed by atoms with Crippen LogP contribution in [0.5, 0.6) is 5.75 Å². The summed E-state index contributed by atoms with van der Waals surface area (Å²) < 4.78 is 5.63. The molecule has 3 rings (SSSR count). The van der Waals surface area contributed by atoms with Gasteiger partial charge in [-0.05, 0) is 30.3 Å². The number of aliphatic hydroxyl groups excluding tert-OH is 1. The first-order chi connectivity index (χ1) is 10.7. The van der Waals surface area contributed by atoms with Gasteiger partial charge in [0.1, 0.15) is 12.4 Å². The van der Waals surface area contributed by atoms with Gasteiger partial charge in [0.25, 0.3) is 0 Å². The van der Waals surface area contributed by atoms with Crippen LogP contribution in [0.1, 0.15) is 21.5 Å². The zero-order chi connectivity index (χ0) is 15.5. The Kier molecular flexibility index (Phi) is 3.98. The van der Waals surface area contributed by atoms with Gasteiger partial charge in [-0.2, -0.15) is 0 Å². The summed E-state index contributed by atoms with van der Waals surface area (Å²) in [4.78, 5) is 12.6. The van der Waals surface area contributed by atoms with E-state index in [-0.39, 0.29) is 11.4 Å². The Labute approximate surface area is 133 Å². The SMILES string of the molecule is O=C(/C(=C\O)c1cccc2c1OCC=C2)c1ccc(Cl)cc1. The van der Waals surface area contributed by atoms with Crippen LogP contribution >= 0.6 is 11.6 Å². The number of carbonyl (C=O) groups is 1. The summed E-state index contributed by atoms with van der Waals surface area (Å²) in [7, 11) is 0. The van der Waals surface area contributed by atoms with E-state index in [2.05, 4.69) is 0 Å². The third-order valence-electron chi connectivity index (χ3n) is 3.44. The average Bonchev–Trinajstić information content (AvgIpc) is 2.56. The van der Waals surface area contributed by atoms with E-state index in [1.165, 1.54) is 0 Å². The smallest absolute Gasteiger partial charge is 0.196 e. The number of rotatable bonds is 3. The summed E-state index contributed by atoms with van der Waals surface area (Å²) in [5.74, 6) is 0.318. The molecular formula is C18H13ClO3. The van der Waals surface area contributed by atoms with E-state index in [9.17, 15) is 9.90 Å². The first-order valence-electron chi connectivity index (χ1n) is 6.78. The molecule has 110 valence electrons. The molecule has 0 saturated heterocycles. The van der Waals surface area contributed by atoms with Crippen molar-refractivity contribution in [3.05, 3.63) is 76.5 Å². The number of aliphatic hydroxyl groups is 1. The summed E-state index contributed by atoms with van der Waals surface area (Å²) in [6, 6.07) is 12.0. The predicted molar refractivity (Wildman–Crippen MR) is 87.4 cm³/mol. The first kappa shape index (κ1) is 14.4. The molecule has 0 aliphatic carbocycles. The first-order valence-corrected chi connectivity index (χ1v) is 7.16. The molecule has 2 aromatic rings. The number of para-hydroxylation sites is 1. The van der Waals surface area contributed by atoms with Crippen LogP contribution in [-0.2, 0) is 0 Å². The van der Waals surface area contributed by atoms with Gasteiger partial charge in [0.15, 0.2) is 5.78 Å². The van der Waals surface area contributed by atoms with Crippen LogP contribution in [-0.4, -0.2) is 17.5 Å². The molecule has 0 unspecified atom stereocenters. The van der Waals surface area contributed by atoms with Gasteiger partial charge in [0.2, 0.25) is 0 Å². The molecule has 2 aromatic carbocycles. The van der Waals surface area contributed by atoms with Crippen LogP contribution in [0.3, 0.4) is 0 Å². The Hall–Kier alpha value is -2.52. The molecular weight excluding hydrogens is 300 g/mol. The van der Waals surface area contributed by atoms with Crippen molar-refractivity contribution < 1.29 is 14.6 Å². The second-order valence-corrected chi connectivity index (χ2v) is 5.25. The van der Waals surface area contributed by atoms with E-state index in [1.54, 1.807) is 30.3 Å². The Morgan fingerprint density at radius 3 is 2.68 bits per heavy atom.